The molecule has 1 spiro atoms. The summed E-state index contributed by atoms with van der Waals surface area (Å²) in [6.07, 6.45) is 5.98. The largest absolute Gasteiger partial charge is 0.465 e. The predicted molar refractivity (Wildman–Crippen MR) is 122 cm³/mol. The highest BCUT2D eigenvalue weighted by Gasteiger charge is 2.57. The fraction of sp³-hybridized carbons (Fsp3) is 0.500. The molecule has 2 aromatic rings. The number of benzene rings is 2. The van der Waals surface area contributed by atoms with Crippen LogP contribution in [-0.4, -0.2) is 46.7 Å². The average Bonchev–Trinajstić information content (AvgIpc) is 3.56. The Morgan fingerprint density at radius 3 is 2.35 bits per heavy atom. The molecule has 0 aromatic heterocycles. The molecule has 1 amide bonds. The van der Waals surface area contributed by atoms with E-state index in [0.717, 1.165) is 74.3 Å². The smallest absolute Gasteiger partial charge is 0.408 e. The van der Waals surface area contributed by atoms with Gasteiger partial charge in [-0.3, -0.25) is 4.90 Å². The minimum atomic E-state index is -0.736. The van der Waals surface area contributed by atoms with Crippen LogP contribution >= 0.6 is 11.6 Å². The lowest BCUT2D eigenvalue weighted by atomic mass is 9.73. The number of hydrogen-bond donors (Lipinski definition) is 1. The van der Waals surface area contributed by atoms with Gasteiger partial charge < -0.3 is 10.0 Å². The Labute approximate surface area is 188 Å². The minimum absolute atomic E-state index is 0.0217. The quantitative estimate of drug-likeness (QED) is 0.656. The van der Waals surface area contributed by atoms with Gasteiger partial charge in [0.25, 0.3) is 0 Å². The monoisotopic (exact) mass is 436 g/mol. The van der Waals surface area contributed by atoms with Crippen LogP contribution in [0, 0.1) is 11.3 Å². The van der Waals surface area contributed by atoms with E-state index in [1.54, 1.807) is 0 Å². The Morgan fingerprint density at radius 1 is 1.03 bits per heavy atom. The molecule has 1 saturated carbocycles. The fourth-order valence-corrected chi connectivity index (χ4v) is 6.70. The molecule has 3 heterocycles. The molecule has 5 aliphatic rings. The Kier molecular flexibility index (Phi) is 4.59. The van der Waals surface area contributed by atoms with Gasteiger partial charge in [-0.1, -0.05) is 35.9 Å². The van der Waals surface area contributed by atoms with Gasteiger partial charge in [0.15, 0.2) is 0 Å². The number of fused-ring (bicyclic) bond motifs is 4. The van der Waals surface area contributed by atoms with E-state index in [-0.39, 0.29) is 17.5 Å². The van der Waals surface area contributed by atoms with E-state index in [0.29, 0.717) is 5.92 Å². The van der Waals surface area contributed by atoms with Gasteiger partial charge in [0.1, 0.15) is 0 Å². The number of carbonyl (C=O) groups is 1. The summed E-state index contributed by atoms with van der Waals surface area (Å²) in [5.74, 6) is 0.502. The van der Waals surface area contributed by atoms with Crippen molar-refractivity contribution >= 4 is 17.7 Å². The SMILES string of the molecule is O=C(O)N(C1CN2CCC1CC2)[C@@H]1c2cc(-c3ccc(Cl)cc3)ccc2CCC12CC2. The summed E-state index contributed by atoms with van der Waals surface area (Å²) in [6.45, 7) is 3.15. The Bertz CT molecular complexity index is 1010. The molecule has 7 rings (SSSR count). The highest BCUT2D eigenvalue weighted by atomic mass is 35.5. The number of piperidine rings is 3. The van der Waals surface area contributed by atoms with Gasteiger partial charge in [-0.2, -0.15) is 0 Å². The maximum atomic E-state index is 12.8. The van der Waals surface area contributed by atoms with Crippen molar-refractivity contribution in [2.75, 3.05) is 19.6 Å². The van der Waals surface area contributed by atoms with Crippen molar-refractivity contribution in [3.8, 4) is 11.1 Å². The van der Waals surface area contributed by atoms with E-state index < -0.39 is 6.09 Å². The normalized spacial score (nSPS) is 30.1. The highest BCUT2D eigenvalue weighted by Crippen LogP contribution is 2.64. The summed E-state index contributed by atoms with van der Waals surface area (Å²) in [5, 5.41) is 11.2. The lowest BCUT2D eigenvalue weighted by molar-refractivity contribution is -0.0243. The number of carboxylic acid groups (broad SMARTS) is 1. The number of hydrogen-bond acceptors (Lipinski definition) is 2. The first kappa shape index (κ1) is 19.6. The Balaban J connectivity index is 1.44. The zero-order valence-electron chi connectivity index (χ0n) is 17.8. The van der Waals surface area contributed by atoms with Crippen molar-refractivity contribution in [1.29, 1.82) is 0 Å². The molecule has 1 unspecified atom stereocenters. The first-order valence-electron chi connectivity index (χ1n) is 11.7. The minimum Gasteiger partial charge on any atom is -0.465 e. The molecular formula is C26H29ClN2O2. The van der Waals surface area contributed by atoms with Crippen LogP contribution in [0.25, 0.3) is 11.1 Å². The van der Waals surface area contributed by atoms with Gasteiger partial charge in [0.2, 0.25) is 0 Å². The molecule has 31 heavy (non-hydrogen) atoms. The van der Waals surface area contributed by atoms with Gasteiger partial charge in [-0.05, 0) is 103 Å². The van der Waals surface area contributed by atoms with E-state index in [2.05, 4.69) is 35.2 Å². The molecule has 4 nitrogen and oxygen atoms in total. The van der Waals surface area contributed by atoms with Crippen LogP contribution in [0.15, 0.2) is 42.5 Å². The summed E-state index contributed by atoms with van der Waals surface area (Å²) in [7, 11) is 0. The summed E-state index contributed by atoms with van der Waals surface area (Å²) < 4.78 is 0. The van der Waals surface area contributed by atoms with Crippen LogP contribution in [0.2, 0.25) is 5.02 Å². The Hall–Kier alpha value is -2.04. The van der Waals surface area contributed by atoms with E-state index >= 15 is 0 Å². The van der Waals surface area contributed by atoms with Crippen molar-refractivity contribution in [2.24, 2.45) is 11.3 Å². The summed E-state index contributed by atoms with van der Waals surface area (Å²) >= 11 is 6.10. The third kappa shape index (κ3) is 3.27. The second kappa shape index (κ2) is 7.25. The van der Waals surface area contributed by atoms with Crippen molar-refractivity contribution in [3.63, 3.8) is 0 Å². The highest BCUT2D eigenvalue weighted by molar-refractivity contribution is 6.30. The molecule has 2 atom stereocenters. The maximum absolute atomic E-state index is 12.8. The van der Waals surface area contributed by atoms with E-state index in [1.807, 2.05) is 17.0 Å². The van der Waals surface area contributed by atoms with Gasteiger partial charge in [-0.25, -0.2) is 4.79 Å². The van der Waals surface area contributed by atoms with Gasteiger partial charge in [-0.15, -0.1) is 0 Å². The van der Waals surface area contributed by atoms with Crippen LogP contribution in [0.4, 0.5) is 4.79 Å². The predicted octanol–water partition coefficient (Wildman–Crippen LogP) is 5.85. The molecule has 2 bridgehead atoms. The third-order valence-electron chi connectivity index (χ3n) is 8.46. The second-order valence-corrected chi connectivity index (χ2v) is 10.5. The lowest BCUT2D eigenvalue weighted by Crippen LogP contribution is -2.60. The number of aryl methyl sites for hydroxylation is 1. The van der Waals surface area contributed by atoms with E-state index in [9.17, 15) is 9.90 Å². The average molecular weight is 437 g/mol. The third-order valence-corrected chi connectivity index (χ3v) is 8.71. The van der Waals surface area contributed by atoms with Gasteiger partial charge in [0.05, 0.1) is 12.1 Å². The van der Waals surface area contributed by atoms with Crippen molar-refractivity contribution in [3.05, 3.63) is 58.6 Å². The molecule has 5 heteroatoms. The Morgan fingerprint density at radius 2 is 1.74 bits per heavy atom. The first-order valence-corrected chi connectivity index (χ1v) is 12.0. The van der Waals surface area contributed by atoms with Crippen LogP contribution in [0.3, 0.4) is 0 Å². The lowest BCUT2D eigenvalue weighted by Gasteiger charge is -2.52. The topological polar surface area (TPSA) is 43.8 Å². The van der Waals surface area contributed by atoms with Crippen molar-refractivity contribution in [1.82, 2.24) is 9.80 Å². The molecule has 0 radical (unpaired) electrons. The van der Waals surface area contributed by atoms with Crippen molar-refractivity contribution in [2.45, 2.75) is 50.6 Å². The summed E-state index contributed by atoms with van der Waals surface area (Å²) in [6, 6.07) is 14.7. The summed E-state index contributed by atoms with van der Waals surface area (Å²) in [4.78, 5) is 17.2. The van der Waals surface area contributed by atoms with E-state index in [4.69, 9.17) is 11.6 Å². The molecule has 2 aliphatic carbocycles. The molecule has 1 N–H and O–H groups in total. The van der Waals surface area contributed by atoms with Crippen LogP contribution in [-0.2, 0) is 6.42 Å². The zero-order chi connectivity index (χ0) is 21.2. The van der Waals surface area contributed by atoms with E-state index in [1.165, 1.54) is 11.1 Å². The number of rotatable bonds is 3. The molecular weight excluding hydrogens is 408 g/mol. The van der Waals surface area contributed by atoms with Gasteiger partial charge >= 0.3 is 6.09 Å². The summed E-state index contributed by atoms with van der Waals surface area (Å²) in [5.41, 5.74) is 4.99. The molecule has 3 aliphatic heterocycles. The molecule has 2 aromatic carbocycles. The van der Waals surface area contributed by atoms with Gasteiger partial charge in [0, 0.05) is 11.6 Å². The number of halogens is 1. The number of nitrogens with zero attached hydrogens (tertiary/aromatic N) is 2. The second-order valence-electron chi connectivity index (χ2n) is 10.1. The molecule has 162 valence electrons. The maximum Gasteiger partial charge on any atom is 0.408 e. The first-order chi connectivity index (χ1) is 15.0. The van der Waals surface area contributed by atoms with Crippen LogP contribution in [0.5, 0.6) is 0 Å². The van der Waals surface area contributed by atoms with Crippen LogP contribution < -0.4 is 0 Å². The molecule has 3 saturated heterocycles. The zero-order valence-corrected chi connectivity index (χ0v) is 18.5. The standard InChI is InChI=1S/C26H29ClN2O2/c27-21-5-3-17(4-6-21)20-2-1-18-7-10-26(11-12-26)24(22(18)15-20)29(25(30)31)23-16-28-13-8-19(23)9-14-28/h1-6,15,19,23-24H,7-14,16H2,(H,30,31)/t23?,24-/m1/s1. The van der Waals surface area contributed by atoms with Crippen molar-refractivity contribution < 1.29 is 9.90 Å². The fourth-order valence-electron chi connectivity index (χ4n) is 6.57. The number of amides is 1. The molecule has 4 fully saturated rings. The van der Waals surface area contributed by atoms with Crippen LogP contribution in [0.1, 0.15) is 49.3 Å².